The minimum Gasteiger partial charge on any atom is -0.481 e. The molecule has 5 nitrogen and oxygen atoms in total. The minimum absolute atomic E-state index is 0.0371. The highest BCUT2D eigenvalue weighted by molar-refractivity contribution is 5.86. The molecule has 0 amide bonds. The van der Waals surface area contributed by atoms with Crippen LogP contribution in [0.1, 0.15) is 51.9 Å². The molecule has 0 radical (unpaired) electrons. The Kier molecular flexibility index (Phi) is 11.3. The molecule has 0 saturated heterocycles. The Labute approximate surface area is 161 Å². The first-order valence-corrected chi connectivity index (χ1v) is 9.69. The fourth-order valence-corrected chi connectivity index (χ4v) is 3.03. The van der Waals surface area contributed by atoms with E-state index in [1.54, 1.807) is 12.2 Å². The summed E-state index contributed by atoms with van der Waals surface area (Å²) in [5.41, 5.74) is 0. The van der Waals surface area contributed by atoms with Gasteiger partial charge in [-0.3, -0.25) is 9.59 Å². The van der Waals surface area contributed by atoms with Crippen LogP contribution in [-0.4, -0.2) is 39.3 Å². The van der Waals surface area contributed by atoms with Crippen molar-refractivity contribution in [1.82, 2.24) is 0 Å². The van der Waals surface area contributed by atoms with Gasteiger partial charge in [0.25, 0.3) is 0 Å². The number of ketones is 1. The number of carboxylic acids is 1. The molecule has 4 atom stereocenters. The average molecular weight is 376 g/mol. The first-order chi connectivity index (χ1) is 13.0. The molecule has 1 aliphatic rings. The number of aliphatic carboxylic acids is 1. The molecule has 0 aromatic carbocycles. The zero-order valence-corrected chi connectivity index (χ0v) is 16.0. The van der Waals surface area contributed by atoms with Crippen molar-refractivity contribution in [2.45, 2.75) is 64.1 Å². The van der Waals surface area contributed by atoms with Crippen molar-refractivity contribution in [3.8, 4) is 0 Å². The highest BCUT2D eigenvalue weighted by atomic mass is 16.4. The first-order valence-electron chi connectivity index (χ1n) is 9.69. The second kappa shape index (κ2) is 13.2. The van der Waals surface area contributed by atoms with E-state index in [1.165, 1.54) is 0 Å². The monoisotopic (exact) mass is 376 g/mol. The molecule has 0 aromatic rings. The lowest BCUT2D eigenvalue weighted by Gasteiger charge is -2.16. The van der Waals surface area contributed by atoms with Gasteiger partial charge in [0.2, 0.25) is 0 Å². The number of hydrogen-bond acceptors (Lipinski definition) is 4. The SMILES string of the molecule is CC[C@H](O)/C=C/[C@@H]1C(=O)C[C@H](O)[C@H]1C/C=C\C/C=C\C/C=C\CCC(=O)O. The summed E-state index contributed by atoms with van der Waals surface area (Å²) >= 11 is 0. The normalized spacial score (nSPS) is 24.9. The predicted molar refractivity (Wildman–Crippen MR) is 106 cm³/mol. The molecule has 1 fully saturated rings. The Morgan fingerprint density at radius 1 is 1.15 bits per heavy atom. The molecule has 0 heterocycles. The van der Waals surface area contributed by atoms with Gasteiger partial charge in [-0.15, -0.1) is 0 Å². The van der Waals surface area contributed by atoms with Crippen molar-refractivity contribution in [2.24, 2.45) is 11.8 Å². The average Bonchev–Trinajstić information content (AvgIpc) is 2.90. The number of carboxylic acid groups (broad SMARTS) is 1. The number of hydrogen-bond donors (Lipinski definition) is 3. The summed E-state index contributed by atoms with van der Waals surface area (Å²) in [6.45, 7) is 1.87. The number of rotatable bonds is 12. The lowest BCUT2D eigenvalue weighted by atomic mass is 9.90. The van der Waals surface area contributed by atoms with Crippen molar-refractivity contribution in [3.05, 3.63) is 48.6 Å². The highest BCUT2D eigenvalue weighted by Gasteiger charge is 2.39. The summed E-state index contributed by atoms with van der Waals surface area (Å²) in [4.78, 5) is 22.4. The lowest BCUT2D eigenvalue weighted by Crippen LogP contribution is -2.19. The van der Waals surface area contributed by atoms with Gasteiger partial charge < -0.3 is 15.3 Å². The maximum atomic E-state index is 12.0. The number of allylic oxidation sites excluding steroid dienone is 7. The summed E-state index contributed by atoms with van der Waals surface area (Å²) in [6, 6.07) is 0. The smallest absolute Gasteiger partial charge is 0.303 e. The third-order valence-electron chi connectivity index (χ3n) is 4.67. The number of carbonyl (C=O) groups excluding carboxylic acids is 1. The van der Waals surface area contributed by atoms with E-state index in [2.05, 4.69) is 0 Å². The van der Waals surface area contributed by atoms with E-state index in [-0.39, 0.29) is 30.5 Å². The van der Waals surface area contributed by atoms with Gasteiger partial charge in [0.1, 0.15) is 5.78 Å². The predicted octanol–water partition coefficient (Wildman–Crippen LogP) is 3.58. The van der Waals surface area contributed by atoms with Gasteiger partial charge in [-0.05, 0) is 32.1 Å². The summed E-state index contributed by atoms with van der Waals surface area (Å²) in [7, 11) is 0. The Hall–Kier alpha value is -1.98. The van der Waals surface area contributed by atoms with Crippen LogP contribution in [0.2, 0.25) is 0 Å². The van der Waals surface area contributed by atoms with Crippen molar-refractivity contribution in [1.29, 1.82) is 0 Å². The molecule has 1 saturated carbocycles. The maximum Gasteiger partial charge on any atom is 0.303 e. The van der Waals surface area contributed by atoms with Crippen LogP contribution >= 0.6 is 0 Å². The van der Waals surface area contributed by atoms with E-state index in [1.807, 2.05) is 43.4 Å². The van der Waals surface area contributed by atoms with Crippen molar-refractivity contribution in [2.75, 3.05) is 0 Å². The van der Waals surface area contributed by atoms with Crippen LogP contribution in [0.5, 0.6) is 0 Å². The molecule has 0 bridgehead atoms. The summed E-state index contributed by atoms with van der Waals surface area (Å²) in [5, 5.41) is 28.3. The molecule has 0 aromatic heterocycles. The van der Waals surface area contributed by atoms with Gasteiger partial charge in [0.15, 0.2) is 0 Å². The van der Waals surface area contributed by atoms with Gasteiger partial charge in [-0.25, -0.2) is 0 Å². The zero-order chi connectivity index (χ0) is 20.1. The number of aliphatic hydroxyl groups is 2. The number of aliphatic hydroxyl groups excluding tert-OH is 2. The van der Waals surface area contributed by atoms with Gasteiger partial charge in [-0.2, -0.15) is 0 Å². The largest absolute Gasteiger partial charge is 0.481 e. The number of Topliss-reactive ketones (excluding diaryl/α,β-unsaturated/α-hetero) is 1. The molecule has 150 valence electrons. The molecular weight excluding hydrogens is 344 g/mol. The van der Waals surface area contributed by atoms with Gasteiger partial charge in [0.05, 0.1) is 12.2 Å². The summed E-state index contributed by atoms with van der Waals surface area (Å²) in [5.74, 6) is -1.20. The van der Waals surface area contributed by atoms with E-state index in [0.717, 1.165) is 12.8 Å². The zero-order valence-electron chi connectivity index (χ0n) is 16.0. The second-order valence-corrected chi connectivity index (χ2v) is 6.84. The summed E-state index contributed by atoms with van der Waals surface area (Å²) in [6.07, 6.45) is 17.8. The van der Waals surface area contributed by atoms with E-state index in [9.17, 15) is 19.8 Å². The van der Waals surface area contributed by atoms with Crippen LogP contribution in [-0.2, 0) is 9.59 Å². The topological polar surface area (TPSA) is 94.8 Å². The molecule has 0 aliphatic heterocycles. The van der Waals surface area contributed by atoms with E-state index in [4.69, 9.17) is 5.11 Å². The fourth-order valence-electron chi connectivity index (χ4n) is 3.03. The molecule has 0 spiro atoms. The van der Waals surface area contributed by atoms with Gasteiger partial charge >= 0.3 is 5.97 Å². The van der Waals surface area contributed by atoms with Crippen molar-refractivity contribution >= 4 is 11.8 Å². The summed E-state index contributed by atoms with van der Waals surface area (Å²) < 4.78 is 0. The van der Waals surface area contributed by atoms with Gasteiger partial charge in [-0.1, -0.05) is 55.5 Å². The molecule has 1 rings (SSSR count). The first kappa shape index (κ1) is 23.1. The third-order valence-corrected chi connectivity index (χ3v) is 4.67. The van der Waals surface area contributed by atoms with E-state index in [0.29, 0.717) is 19.3 Å². The van der Waals surface area contributed by atoms with Crippen LogP contribution < -0.4 is 0 Å². The Morgan fingerprint density at radius 2 is 1.78 bits per heavy atom. The Balaban J connectivity index is 2.35. The number of carbonyl (C=O) groups is 2. The van der Waals surface area contributed by atoms with Crippen LogP contribution in [0.3, 0.4) is 0 Å². The second-order valence-electron chi connectivity index (χ2n) is 6.84. The highest BCUT2D eigenvalue weighted by Crippen LogP contribution is 2.33. The van der Waals surface area contributed by atoms with Crippen LogP contribution in [0.25, 0.3) is 0 Å². The molecule has 0 unspecified atom stereocenters. The molecule has 1 aliphatic carbocycles. The Bertz CT molecular complexity index is 573. The molecule has 3 N–H and O–H groups in total. The van der Waals surface area contributed by atoms with Crippen molar-refractivity contribution in [3.63, 3.8) is 0 Å². The lowest BCUT2D eigenvalue weighted by molar-refractivity contribution is -0.136. The maximum absolute atomic E-state index is 12.0. The van der Waals surface area contributed by atoms with Crippen molar-refractivity contribution < 1.29 is 24.9 Å². The molecule has 27 heavy (non-hydrogen) atoms. The van der Waals surface area contributed by atoms with E-state index < -0.39 is 18.2 Å². The van der Waals surface area contributed by atoms with Gasteiger partial charge in [0, 0.05) is 24.7 Å². The Morgan fingerprint density at radius 3 is 2.41 bits per heavy atom. The van der Waals surface area contributed by atoms with E-state index >= 15 is 0 Å². The quantitative estimate of drug-likeness (QED) is 0.453. The molecular formula is C22H32O5. The van der Waals surface area contributed by atoms with Crippen LogP contribution in [0, 0.1) is 11.8 Å². The molecule has 5 heteroatoms. The minimum atomic E-state index is -0.784. The standard InChI is InChI=1S/C22H32O5/c1-2-17(23)14-15-19-18(20(24)16-21(19)25)12-10-8-6-4-3-5-7-9-11-13-22(26)27/h3-4,7-10,14-15,17-20,23-24H,2,5-6,11-13,16H2,1H3,(H,26,27)/b4-3-,9-7-,10-8-,15-14+/t17-,18-,19-,20-/m0/s1. The van der Waals surface area contributed by atoms with Crippen LogP contribution in [0.4, 0.5) is 0 Å². The third kappa shape index (κ3) is 9.50. The van der Waals surface area contributed by atoms with Crippen LogP contribution in [0.15, 0.2) is 48.6 Å². The fraction of sp³-hybridized carbons (Fsp3) is 0.545.